The maximum Gasteiger partial charge on any atom is 0.143 e. The van der Waals surface area contributed by atoms with Gasteiger partial charge in [0.15, 0.2) is 0 Å². The van der Waals surface area contributed by atoms with Gasteiger partial charge in [0.2, 0.25) is 0 Å². The molecule has 2 heteroatoms. The topological polar surface area (TPSA) is 26.3 Å². The lowest BCUT2D eigenvalue weighted by Crippen LogP contribution is -1.92. The van der Waals surface area contributed by atoms with Gasteiger partial charge in [-0.2, -0.15) is 0 Å². The van der Waals surface area contributed by atoms with Crippen molar-refractivity contribution in [3.63, 3.8) is 0 Å². The van der Waals surface area contributed by atoms with Gasteiger partial charge >= 0.3 is 0 Å². The third-order valence-corrected chi connectivity index (χ3v) is 10.5. The van der Waals surface area contributed by atoms with E-state index >= 15 is 0 Å². The van der Waals surface area contributed by atoms with Gasteiger partial charge in [-0.1, -0.05) is 146 Å². The lowest BCUT2D eigenvalue weighted by molar-refractivity contribution is 0.668. The quantitative estimate of drug-likeness (QED) is 0.180. The van der Waals surface area contributed by atoms with Gasteiger partial charge in [-0.15, -0.1) is 0 Å². The van der Waals surface area contributed by atoms with Crippen molar-refractivity contribution in [3.05, 3.63) is 170 Å². The Labute approximate surface area is 287 Å². The normalized spacial score (nSPS) is 12.0. The Kier molecular flexibility index (Phi) is 5.70. The van der Waals surface area contributed by atoms with Gasteiger partial charge in [-0.05, 0) is 84.4 Å². The Bertz CT molecular complexity index is 3090. The van der Waals surface area contributed by atoms with Gasteiger partial charge in [-0.3, -0.25) is 0 Å². The molecule has 50 heavy (non-hydrogen) atoms. The molecule has 0 spiro atoms. The maximum absolute atomic E-state index is 6.87. The highest BCUT2D eigenvalue weighted by molar-refractivity contribution is 6.28. The first-order valence-corrected chi connectivity index (χ1v) is 17.1. The Balaban J connectivity index is 1.28. The minimum atomic E-state index is 0.873. The summed E-state index contributed by atoms with van der Waals surface area (Å²) in [5.74, 6) is 0. The summed E-state index contributed by atoms with van der Waals surface area (Å²) in [5.41, 5.74) is 10.6. The molecule has 11 rings (SSSR count). The van der Waals surface area contributed by atoms with E-state index in [-0.39, 0.29) is 0 Å². The van der Waals surface area contributed by atoms with E-state index in [4.69, 9.17) is 8.83 Å². The highest BCUT2D eigenvalue weighted by atomic mass is 16.3. The van der Waals surface area contributed by atoms with Gasteiger partial charge in [0.1, 0.15) is 22.3 Å². The summed E-state index contributed by atoms with van der Waals surface area (Å²) in [7, 11) is 0. The number of rotatable bonds is 3. The molecule has 0 radical (unpaired) electrons. The standard InChI is InChI=1S/C48H28O2/c1-2-15-30-29(13-1)14-11-22-31(30)44-32-16-3-5-18-34(32)45(35-19-6-4-17-33(35)44)40-28-27-37(48-47(40)39-21-8-10-25-42(39)50-48)36-23-12-26-43-46(36)38-20-7-9-24-41(38)49-43/h1-28H. The number of hydrogen-bond donors (Lipinski definition) is 0. The molecular weight excluding hydrogens is 609 g/mol. The van der Waals surface area contributed by atoms with Crippen LogP contribution in [-0.4, -0.2) is 0 Å². The Morgan fingerprint density at radius 3 is 1.42 bits per heavy atom. The molecule has 0 N–H and O–H groups in total. The highest BCUT2D eigenvalue weighted by Gasteiger charge is 2.24. The summed E-state index contributed by atoms with van der Waals surface area (Å²) < 4.78 is 13.2. The zero-order chi connectivity index (χ0) is 32.8. The number of para-hydroxylation sites is 2. The molecule has 0 aliphatic heterocycles. The van der Waals surface area contributed by atoms with E-state index < -0.39 is 0 Å². The minimum Gasteiger partial charge on any atom is -0.456 e. The van der Waals surface area contributed by atoms with Crippen LogP contribution < -0.4 is 0 Å². The molecule has 0 amide bonds. The second-order valence-corrected chi connectivity index (χ2v) is 13.1. The van der Waals surface area contributed by atoms with Crippen molar-refractivity contribution in [1.82, 2.24) is 0 Å². The van der Waals surface area contributed by atoms with Crippen LogP contribution >= 0.6 is 0 Å². The fourth-order valence-electron chi connectivity index (χ4n) is 8.40. The van der Waals surface area contributed by atoms with Gasteiger partial charge < -0.3 is 8.83 Å². The first-order chi connectivity index (χ1) is 24.8. The van der Waals surface area contributed by atoms with Crippen molar-refractivity contribution in [1.29, 1.82) is 0 Å². The van der Waals surface area contributed by atoms with E-state index in [2.05, 4.69) is 158 Å². The summed E-state index contributed by atoms with van der Waals surface area (Å²) in [6.45, 7) is 0. The monoisotopic (exact) mass is 636 g/mol. The zero-order valence-corrected chi connectivity index (χ0v) is 27.0. The average Bonchev–Trinajstić information content (AvgIpc) is 3.76. The molecule has 0 bridgehead atoms. The number of benzene rings is 9. The summed E-state index contributed by atoms with van der Waals surface area (Å²) in [4.78, 5) is 0. The Hall–Kier alpha value is -6.64. The fraction of sp³-hybridized carbons (Fsp3) is 0. The van der Waals surface area contributed by atoms with Gasteiger partial charge in [0, 0.05) is 27.1 Å². The Morgan fingerprint density at radius 2 is 0.720 bits per heavy atom. The van der Waals surface area contributed by atoms with Crippen LogP contribution in [0.4, 0.5) is 0 Å². The van der Waals surface area contributed by atoms with Crippen molar-refractivity contribution >= 4 is 76.2 Å². The molecule has 0 saturated heterocycles. The molecule has 2 nitrogen and oxygen atoms in total. The maximum atomic E-state index is 6.87. The van der Waals surface area contributed by atoms with Crippen molar-refractivity contribution in [3.8, 4) is 33.4 Å². The van der Waals surface area contributed by atoms with Crippen molar-refractivity contribution < 1.29 is 8.83 Å². The average molecular weight is 637 g/mol. The van der Waals surface area contributed by atoms with Gasteiger partial charge in [0.05, 0.1) is 0 Å². The van der Waals surface area contributed by atoms with E-state index in [1.807, 2.05) is 12.1 Å². The van der Waals surface area contributed by atoms with E-state index in [1.54, 1.807) is 0 Å². The van der Waals surface area contributed by atoms with Crippen molar-refractivity contribution in [2.24, 2.45) is 0 Å². The molecule has 0 atom stereocenters. The molecule has 11 aromatic rings. The Morgan fingerprint density at radius 1 is 0.260 bits per heavy atom. The van der Waals surface area contributed by atoms with Crippen LogP contribution in [0.3, 0.4) is 0 Å². The molecule has 0 fully saturated rings. The van der Waals surface area contributed by atoms with Crippen LogP contribution in [-0.2, 0) is 0 Å². The predicted molar refractivity (Wildman–Crippen MR) is 210 cm³/mol. The fourth-order valence-corrected chi connectivity index (χ4v) is 8.40. The molecule has 2 heterocycles. The van der Waals surface area contributed by atoms with Crippen LogP contribution in [0, 0.1) is 0 Å². The first kappa shape index (κ1) is 27.3. The smallest absolute Gasteiger partial charge is 0.143 e. The second-order valence-electron chi connectivity index (χ2n) is 13.1. The third kappa shape index (κ3) is 3.79. The number of fused-ring (bicyclic) bond motifs is 9. The van der Waals surface area contributed by atoms with Crippen molar-refractivity contribution in [2.75, 3.05) is 0 Å². The first-order valence-electron chi connectivity index (χ1n) is 17.1. The number of furan rings is 2. The molecule has 0 saturated carbocycles. The summed E-state index contributed by atoms with van der Waals surface area (Å²) in [5, 5.41) is 11.8. The van der Waals surface area contributed by atoms with Crippen LogP contribution in [0.2, 0.25) is 0 Å². The van der Waals surface area contributed by atoms with E-state index in [1.165, 1.54) is 49.0 Å². The molecule has 232 valence electrons. The van der Waals surface area contributed by atoms with E-state index in [9.17, 15) is 0 Å². The van der Waals surface area contributed by atoms with E-state index in [0.29, 0.717) is 0 Å². The van der Waals surface area contributed by atoms with Gasteiger partial charge in [0.25, 0.3) is 0 Å². The lowest BCUT2D eigenvalue weighted by Gasteiger charge is -2.19. The number of hydrogen-bond acceptors (Lipinski definition) is 2. The van der Waals surface area contributed by atoms with Crippen LogP contribution in [0.5, 0.6) is 0 Å². The molecule has 0 unspecified atom stereocenters. The molecule has 0 aliphatic carbocycles. The summed E-state index contributed by atoms with van der Waals surface area (Å²) >= 11 is 0. The summed E-state index contributed by atoms with van der Waals surface area (Å²) in [6, 6.07) is 60.7. The van der Waals surface area contributed by atoms with E-state index in [0.717, 1.165) is 60.6 Å². The minimum absolute atomic E-state index is 0.873. The lowest BCUT2D eigenvalue weighted by atomic mass is 9.83. The molecule has 0 aliphatic rings. The van der Waals surface area contributed by atoms with Crippen LogP contribution in [0.25, 0.3) is 110 Å². The molecule has 9 aromatic carbocycles. The molecular formula is C48H28O2. The predicted octanol–water partition coefficient (Wildman–Crippen LogP) is 13.9. The largest absolute Gasteiger partial charge is 0.456 e. The molecule has 2 aromatic heterocycles. The van der Waals surface area contributed by atoms with Crippen LogP contribution in [0.1, 0.15) is 0 Å². The van der Waals surface area contributed by atoms with Gasteiger partial charge in [-0.25, -0.2) is 0 Å². The zero-order valence-electron chi connectivity index (χ0n) is 27.0. The highest BCUT2D eigenvalue weighted by Crippen LogP contribution is 2.50. The SMILES string of the molecule is c1ccc2c(-c3c4ccccc4c(-c4ccc(-c5cccc6oc7ccccc7c56)c5oc6ccccc6c45)c4ccccc34)cccc2c1. The van der Waals surface area contributed by atoms with Crippen LogP contribution in [0.15, 0.2) is 179 Å². The summed E-state index contributed by atoms with van der Waals surface area (Å²) in [6.07, 6.45) is 0. The third-order valence-electron chi connectivity index (χ3n) is 10.5. The second kappa shape index (κ2) is 10.4. The van der Waals surface area contributed by atoms with Crippen molar-refractivity contribution in [2.45, 2.75) is 0 Å².